The van der Waals surface area contributed by atoms with Crippen LogP contribution in [0.1, 0.15) is 48.2 Å². The summed E-state index contributed by atoms with van der Waals surface area (Å²) in [5.74, 6) is 0.116. The van der Waals surface area contributed by atoms with Gasteiger partial charge >= 0.3 is 5.97 Å². The van der Waals surface area contributed by atoms with Gasteiger partial charge in [0.05, 0.1) is 11.3 Å². The number of rotatable bonds is 5. The summed E-state index contributed by atoms with van der Waals surface area (Å²) in [6.07, 6.45) is 2.40. The van der Waals surface area contributed by atoms with Gasteiger partial charge in [-0.3, -0.25) is 0 Å². The van der Waals surface area contributed by atoms with Gasteiger partial charge in [-0.25, -0.2) is 9.79 Å². The number of benzene rings is 2. The molecule has 120 valence electrons. The molecule has 2 aromatic rings. The van der Waals surface area contributed by atoms with E-state index in [9.17, 15) is 4.79 Å². The number of hydrogen-bond donors (Lipinski definition) is 0. The first-order valence-electron chi connectivity index (χ1n) is 8.08. The predicted molar refractivity (Wildman–Crippen MR) is 94.4 cm³/mol. The Hall–Kier alpha value is -2.42. The van der Waals surface area contributed by atoms with Gasteiger partial charge < -0.3 is 4.74 Å². The maximum Gasteiger partial charge on any atom is 0.344 e. The lowest BCUT2D eigenvalue weighted by Gasteiger charge is -2.09. The van der Waals surface area contributed by atoms with Crippen molar-refractivity contribution in [2.75, 3.05) is 0 Å². The average molecular weight is 309 g/mol. The highest BCUT2D eigenvalue weighted by molar-refractivity contribution is 5.99. The summed E-state index contributed by atoms with van der Waals surface area (Å²) in [5.41, 5.74) is 3.72. The Morgan fingerprint density at radius 1 is 1.09 bits per heavy atom. The highest BCUT2D eigenvalue weighted by atomic mass is 16.5. The van der Waals surface area contributed by atoms with E-state index in [-0.39, 0.29) is 5.97 Å². The molecule has 0 aliphatic carbocycles. The van der Waals surface area contributed by atoms with E-state index in [4.69, 9.17) is 4.74 Å². The van der Waals surface area contributed by atoms with E-state index in [1.165, 1.54) is 5.56 Å². The lowest BCUT2D eigenvalue weighted by molar-refractivity contribution is 0.0711. The summed E-state index contributed by atoms with van der Waals surface area (Å²) in [4.78, 5) is 16.8. The molecule has 0 aliphatic rings. The van der Waals surface area contributed by atoms with Crippen LogP contribution in [0.5, 0.6) is 0 Å². The third-order valence-corrected chi connectivity index (χ3v) is 3.65. The Morgan fingerprint density at radius 3 is 2.48 bits per heavy atom. The second-order valence-corrected chi connectivity index (χ2v) is 5.48. The molecule has 0 fully saturated rings. The molecule has 0 atom stereocenters. The van der Waals surface area contributed by atoms with Gasteiger partial charge in [0.2, 0.25) is 0 Å². The Bertz CT molecular complexity index is 690. The fourth-order valence-corrected chi connectivity index (χ4v) is 2.34. The number of hydrogen-bond acceptors (Lipinski definition) is 3. The van der Waals surface area contributed by atoms with Gasteiger partial charge in [0.25, 0.3) is 0 Å². The van der Waals surface area contributed by atoms with Crippen molar-refractivity contribution >= 4 is 17.6 Å². The minimum absolute atomic E-state index is 0.345. The van der Waals surface area contributed by atoms with Crippen LogP contribution in [0.15, 0.2) is 53.5 Å². The quantitative estimate of drug-likeness (QED) is 0.430. The van der Waals surface area contributed by atoms with Crippen molar-refractivity contribution in [2.45, 2.75) is 40.0 Å². The Kier molecular flexibility index (Phi) is 6.10. The summed E-state index contributed by atoms with van der Waals surface area (Å²) in [5, 5.41) is 0. The molecule has 0 bridgehead atoms. The van der Waals surface area contributed by atoms with E-state index in [2.05, 4.69) is 11.9 Å². The molecule has 3 nitrogen and oxygen atoms in total. The largest absolute Gasteiger partial charge is 0.408 e. The molecule has 0 N–H and O–H groups in total. The van der Waals surface area contributed by atoms with Crippen LogP contribution in [0, 0.1) is 6.92 Å². The minimum Gasteiger partial charge on any atom is -0.408 e. The minimum atomic E-state index is -0.345. The predicted octanol–water partition coefficient (Wildman–Crippen LogP) is 5.24. The van der Waals surface area contributed by atoms with E-state index < -0.39 is 0 Å². The third-order valence-electron chi connectivity index (χ3n) is 3.65. The monoisotopic (exact) mass is 309 g/mol. The maximum absolute atomic E-state index is 12.4. The van der Waals surface area contributed by atoms with E-state index in [0.29, 0.717) is 17.9 Å². The van der Waals surface area contributed by atoms with Gasteiger partial charge in [-0.15, -0.1) is 0 Å². The SMILES string of the molecule is CCCC(=Nc1ccccc1)OC(=O)c1ccc(C)c(CC)c1. The van der Waals surface area contributed by atoms with Crippen LogP contribution in [-0.2, 0) is 11.2 Å². The van der Waals surface area contributed by atoms with Crippen LogP contribution in [-0.4, -0.2) is 11.9 Å². The van der Waals surface area contributed by atoms with Gasteiger partial charge in [0.1, 0.15) is 0 Å². The van der Waals surface area contributed by atoms with Gasteiger partial charge in [-0.2, -0.15) is 0 Å². The molecule has 0 spiro atoms. The van der Waals surface area contributed by atoms with Gasteiger partial charge in [0.15, 0.2) is 5.90 Å². The highest BCUT2D eigenvalue weighted by Gasteiger charge is 2.12. The molecule has 0 heterocycles. The summed E-state index contributed by atoms with van der Waals surface area (Å²) in [6, 6.07) is 15.2. The molecular formula is C20H23NO2. The van der Waals surface area contributed by atoms with Crippen LogP contribution in [0.3, 0.4) is 0 Å². The Morgan fingerprint density at radius 2 is 1.83 bits per heavy atom. The highest BCUT2D eigenvalue weighted by Crippen LogP contribution is 2.16. The molecule has 0 unspecified atom stereocenters. The first kappa shape index (κ1) is 16.9. The number of nitrogens with zero attached hydrogens (tertiary/aromatic N) is 1. The van der Waals surface area contributed by atoms with Crippen LogP contribution in [0.25, 0.3) is 0 Å². The summed E-state index contributed by atoms with van der Waals surface area (Å²) in [6.45, 7) is 6.17. The number of aliphatic imine (C=N–C) groups is 1. The summed E-state index contributed by atoms with van der Waals surface area (Å²) >= 11 is 0. The molecule has 0 saturated carbocycles. The number of esters is 1. The molecule has 2 rings (SSSR count). The van der Waals surface area contributed by atoms with Crippen molar-refractivity contribution < 1.29 is 9.53 Å². The molecule has 0 aromatic heterocycles. The first-order valence-corrected chi connectivity index (χ1v) is 8.08. The van der Waals surface area contributed by atoms with Gasteiger partial charge in [-0.1, -0.05) is 38.1 Å². The number of carbonyl (C=O) groups is 1. The van der Waals surface area contributed by atoms with Crippen molar-refractivity contribution in [1.29, 1.82) is 0 Å². The molecule has 0 saturated heterocycles. The van der Waals surface area contributed by atoms with Crippen molar-refractivity contribution in [1.82, 2.24) is 0 Å². The fraction of sp³-hybridized carbons (Fsp3) is 0.300. The standard InChI is InChI=1S/C20H23NO2/c1-4-9-19(21-18-10-7-6-8-11-18)23-20(22)17-13-12-15(3)16(5-2)14-17/h6-8,10-14H,4-5,9H2,1-3H3. The molecule has 3 heteroatoms. The van der Waals surface area contributed by atoms with E-state index in [0.717, 1.165) is 24.1 Å². The normalized spacial score (nSPS) is 11.3. The molecule has 0 radical (unpaired) electrons. The topological polar surface area (TPSA) is 38.7 Å². The number of aryl methyl sites for hydroxylation is 2. The van der Waals surface area contributed by atoms with Crippen LogP contribution >= 0.6 is 0 Å². The summed E-state index contributed by atoms with van der Waals surface area (Å²) in [7, 11) is 0. The average Bonchev–Trinajstić information content (AvgIpc) is 2.56. The lowest BCUT2D eigenvalue weighted by atomic mass is 10.0. The molecule has 0 aliphatic heterocycles. The van der Waals surface area contributed by atoms with Crippen molar-refractivity contribution in [3.63, 3.8) is 0 Å². The Balaban J connectivity index is 2.19. The summed E-state index contributed by atoms with van der Waals surface area (Å²) < 4.78 is 5.53. The number of ether oxygens (including phenoxy) is 1. The zero-order chi connectivity index (χ0) is 16.7. The zero-order valence-corrected chi connectivity index (χ0v) is 14.0. The molecule has 23 heavy (non-hydrogen) atoms. The second kappa shape index (κ2) is 8.28. The van der Waals surface area contributed by atoms with Crippen molar-refractivity contribution in [2.24, 2.45) is 4.99 Å². The van der Waals surface area contributed by atoms with Crippen LogP contribution < -0.4 is 0 Å². The van der Waals surface area contributed by atoms with Crippen LogP contribution in [0.2, 0.25) is 0 Å². The fourth-order valence-electron chi connectivity index (χ4n) is 2.34. The van der Waals surface area contributed by atoms with Crippen molar-refractivity contribution in [3.05, 3.63) is 65.2 Å². The molecular weight excluding hydrogens is 286 g/mol. The maximum atomic E-state index is 12.4. The third kappa shape index (κ3) is 4.78. The molecule has 0 amide bonds. The first-order chi connectivity index (χ1) is 11.1. The van der Waals surface area contributed by atoms with Gasteiger partial charge in [-0.05, 0) is 55.2 Å². The zero-order valence-electron chi connectivity index (χ0n) is 14.0. The second-order valence-electron chi connectivity index (χ2n) is 5.48. The van der Waals surface area contributed by atoms with Gasteiger partial charge in [0, 0.05) is 6.42 Å². The van der Waals surface area contributed by atoms with E-state index in [1.807, 2.05) is 62.4 Å². The Labute approximate surface area is 138 Å². The van der Waals surface area contributed by atoms with Crippen molar-refractivity contribution in [3.8, 4) is 0 Å². The number of carbonyl (C=O) groups excluding carboxylic acids is 1. The lowest BCUT2D eigenvalue weighted by Crippen LogP contribution is -2.13. The van der Waals surface area contributed by atoms with E-state index in [1.54, 1.807) is 0 Å². The van der Waals surface area contributed by atoms with Crippen LogP contribution in [0.4, 0.5) is 5.69 Å². The molecule has 2 aromatic carbocycles. The number of para-hydroxylation sites is 1. The van der Waals surface area contributed by atoms with E-state index >= 15 is 0 Å². The smallest absolute Gasteiger partial charge is 0.344 e.